The number of esters is 1. The Labute approximate surface area is 224 Å². The average Bonchev–Trinajstić information content (AvgIpc) is 2.91. The van der Waals surface area contributed by atoms with Gasteiger partial charge in [-0.15, -0.1) is 12.4 Å². The Balaban J connectivity index is 0.00000320. The van der Waals surface area contributed by atoms with Crippen molar-refractivity contribution in [2.24, 2.45) is 5.73 Å². The fraction of sp³-hybridized carbons (Fsp3) is 0.258. The molecule has 0 aromatic heterocycles. The van der Waals surface area contributed by atoms with Crippen molar-refractivity contribution in [1.29, 1.82) is 0 Å². The number of nitrogens with two attached hydrogens (primary N) is 1. The van der Waals surface area contributed by atoms with Crippen molar-refractivity contribution in [2.45, 2.75) is 38.3 Å². The molecule has 0 spiro atoms. The van der Waals surface area contributed by atoms with Gasteiger partial charge in [-0.25, -0.2) is 4.79 Å². The van der Waals surface area contributed by atoms with E-state index in [1.54, 1.807) is 0 Å². The molecule has 0 radical (unpaired) electrons. The summed E-state index contributed by atoms with van der Waals surface area (Å²) in [4.78, 5) is 12.5. The zero-order chi connectivity index (χ0) is 25.1. The zero-order valence-corrected chi connectivity index (χ0v) is 22.0. The van der Waals surface area contributed by atoms with E-state index in [0.29, 0.717) is 12.1 Å². The molecule has 37 heavy (non-hydrogen) atoms. The van der Waals surface area contributed by atoms with Crippen molar-refractivity contribution in [2.75, 3.05) is 13.3 Å². The molecule has 3 N–H and O–H groups in total. The van der Waals surface area contributed by atoms with E-state index in [2.05, 4.69) is 66.8 Å². The minimum absolute atomic E-state index is 0. The molecular weight excluding hydrogens is 484 g/mol. The van der Waals surface area contributed by atoms with E-state index < -0.39 is 0 Å². The van der Waals surface area contributed by atoms with Crippen LogP contribution in [0.15, 0.2) is 84.9 Å². The van der Waals surface area contributed by atoms with Crippen LogP contribution in [0.5, 0.6) is 5.75 Å². The number of benzene rings is 4. The maximum absolute atomic E-state index is 12.5. The lowest BCUT2D eigenvalue weighted by atomic mass is 9.83. The van der Waals surface area contributed by atoms with E-state index in [-0.39, 0.29) is 43.2 Å². The molecule has 4 aromatic rings. The van der Waals surface area contributed by atoms with Crippen LogP contribution in [-0.4, -0.2) is 25.3 Å². The third-order valence-corrected chi connectivity index (χ3v) is 7.13. The van der Waals surface area contributed by atoms with Crippen LogP contribution in [0.2, 0.25) is 0 Å². The van der Waals surface area contributed by atoms with Crippen LogP contribution < -0.4 is 15.8 Å². The topological polar surface area (TPSA) is 73.6 Å². The van der Waals surface area contributed by atoms with Crippen LogP contribution in [0.25, 0.3) is 10.8 Å². The Bertz CT molecular complexity index is 1380. The molecule has 0 aliphatic carbocycles. The van der Waals surface area contributed by atoms with Gasteiger partial charge in [-0.2, -0.15) is 0 Å². The summed E-state index contributed by atoms with van der Waals surface area (Å²) >= 11 is 0. The van der Waals surface area contributed by atoms with Crippen molar-refractivity contribution in [3.05, 3.63) is 113 Å². The summed E-state index contributed by atoms with van der Waals surface area (Å²) in [7, 11) is 0. The number of hydrogen-bond donors (Lipinski definition) is 2. The van der Waals surface area contributed by atoms with Crippen molar-refractivity contribution >= 4 is 29.1 Å². The lowest BCUT2D eigenvalue weighted by Gasteiger charge is -2.33. The van der Waals surface area contributed by atoms with Crippen molar-refractivity contribution in [3.63, 3.8) is 0 Å². The van der Waals surface area contributed by atoms with Crippen LogP contribution in [0.1, 0.15) is 57.9 Å². The summed E-state index contributed by atoms with van der Waals surface area (Å²) in [6.45, 7) is 4.69. The van der Waals surface area contributed by atoms with Crippen LogP contribution in [-0.2, 0) is 4.74 Å². The number of fused-ring (bicyclic) bond motifs is 2. The molecule has 1 unspecified atom stereocenters. The van der Waals surface area contributed by atoms with Gasteiger partial charge >= 0.3 is 5.97 Å². The number of rotatable bonds is 7. The van der Waals surface area contributed by atoms with E-state index in [1.165, 1.54) is 16.3 Å². The zero-order valence-electron chi connectivity index (χ0n) is 21.1. The molecule has 0 saturated carbocycles. The highest BCUT2D eigenvalue weighted by Gasteiger charge is 2.30. The van der Waals surface area contributed by atoms with Gasteiger partial charge < -0.3 is 14.8 Å². The van der Waals surface area contributed by atoms with Gasteiger partial charge in [0.25, 0.3) is 0 Å². The molecule has 0 fully saturated rings. The average molecular weight is 517 g/mol. The third-order valence-electron chi connectivity index (χ3n) is 7.13. The maximum atomic E-state index is 12.5. The maximum Gasteiger partial charge on any atom is 0.339 e. The van der Waals surface area contributed by atoms with Gasteiger partial charge in [-0.3, -0.25) is 5.73 Å². The highest BCUT2D eigenvalue weighted by molar-refractivity contribution is 5.91. The van der Waals surface area contributed by atoms with E-state index in [1.807, 2.05) is 37.3 Å². The fourth-order valence-corrected chi connectivity index (χ4v) is 5.21. The lowest BCUT2D eigenvalue weighted by Crippen LogP contribution is -2.37. The molecule has 1 aliphatic heterocycles. The molecule has 0 saturated heterocycles. The molecular formula is C31H33ClN2O3. The quantitative estimate of drug-likeness (QED) is 0.223. The standard InChI is InChI=1S/C31H32N2O3.ClH/c1-20-14-15-23(16-28(20)31(34)35-19-32)29-17-24(36-30-13-6-5-11-27(29)30)18-33-21(2)25-12-7-9-22-8-3-4-10-26(22)25;/h3-16,21,24,29,33H,17-19,32H2,1-2H3;1H/t21-,24-,29?;/m1./s1. The summed E-state index contributed by atoms with van der Waals surface area (Å²) < 4.78 is 11.5. The Morgan fingerprint density at radius 2 is 1.81 bits per heavy atom. The molecule has 0 amide bonds. The van der Waals surface area contributed by atoms with Crippen molar-refractivity contribution in [3.8, 4) is 5.75 Å². The van der Waals surface area contributed by atoms with E-state index in [0.717, 1.165) is 28.9 Å². The molecule has 5 nitrogen and oxygen atoms in total. The highest BCUT2D eigenvalue weighted by Crippen LogP contribution is 2.41. The lowest BCUT2D eigenvalue weighted by molar-refractivity contribution is 0.0514. The van der Waals surface area contributed by atoms with Crippen LogP contribution in [0.4, 0.5) is 0 Å². The second-order valence-electron chi connectivity index (χ2n) is 9.44. The molecule has 4 aromatic carbocycles. The molecule has 0 bridgehead atoms. The minimum Gasteiger partial charge on any atom is -0.489 e. The summed E-state index contributed by atoms with van der Waals surface area (Å²) in [5.74, 6) is 0.615. The van der Waals surface area contributed by atoms with Gasteiger partial charge in [-0.1, -0.05) is 72.8 Å². The highest BCUT2D eigenvalue weighted by atomic mass is 35.5. The van der Waals surface area contributed by atoms with Crippen molar-refractivity contribution in [1.82, 2.24) is 5.32 Å². The van der Waals surface area contributed by atoms with E-state index >= 15 is 0 Å². The predicted octanol–water partition coefficient (Wildman–Crippen LogP) is 6.28. The number of hydrogen-bond acceptors (Lipinski definition) is 5. The Morgan fingerprint density at radius 3 is 2.65 bits per heavy atom. The number of halogens is 1. The molecule has 3 atom stereocenters. The predicted molar refractivity (Wildman–Crippen MR) is 151 cm³/mol. The Hall–Kier alpha value is -3.38. The van der Waals surface area contributed by atoms with Gasteiger partial charge in [-0.05, 0) is 59.9 Å². The van der Waals surface area contributed by atoms with Gasteiger partial charge in [0.2, 0.25) is 0 Å². The van der Waals surface area contributed by atoms with E-state index in [9.17, 15) is 4.79 Å². The van der Waals surface area contributed by atoms with Crippen LogP contribution in [0, 0.1) is 6.92 Å². The van der Waals surface area contributed by atoms with Crippen LogP contribution >= 0.6 is 12.4 Å². The van der Waals surface area contributed by atoms with Gasteiger partial charge in [0, 0.05) is 24.1 Å². The smallest absolute Gasteiger partial charge is 0.339 e. The minimum atomic E-state index is -0.390. The normalized spacial score (nSPS) is 17.3. The SMILES string of the molecule is Cc1ccc(C2C[C@H](CN[C@H](C)c3cccc4ccccc34)Oc3ccccc32)cc1C(=O)OCN.Cl. The van der Waals surface area contributed by atoms with Gasteiger partial charge in [0.15, 0.2) is 0 Å². The monoisotopic (exact) mass is 516 g/mol. The van der Waals surface area contributed by atoms with Crippen LogP contribution in [0.3, 0.4) is 0 Å². The summed E-state index contributed by atoms with van der Waals surface area (Å²) in [5, 5.41) is 6.22. The first-order valence-corrected chi connectivity index (χ1v) is 12.5. The molecule has 192 valence electrons. The summed E-state index contributed by atoms with van der Waals surface area (Å²) in [6.07, 6.45) is 0.795. The Kier molecular flexibility index (Phi) is 8.49. The first kappa shape index (κ1) is 26.7. The van der Waals surface area contributed by atoms with Gasteiger partial charge in [0.1, 0.15) is 18.6 Å². The second-order valence-corrected chi connectivity index (χ2v) is 9.44. The number of aryl methyl sites for hydroxylation is 1. The fourth-order valence-electron chi connectivity index (χ4n) is 5.21. The largest absolute Gasteiger partial charge is 0.489 e. The second kappa shape index (κ2) is 11.8. The number of carbonyl (C=O) groups is 1. The van der Waals surface area contributed by atoms with E-state index in [4.69, 9.17) is 15.2 Å². The molecule has 1 heterocycles. The molecule has 5 rings (SSSR count). The third kappa shape index (κ3) is 5.64. The Morgan fingerprint density at radius 1 is 1.05 bits per heavy atom. The molecule has 6 heteroatoms. The number of ether oxygens (including phenoxy) is 2. The van der Waals surface area contributed by atoms with Crippen molar-refractivity contribution < 1.29 is 14.3 Å². The number of carbonyl (C=O) groups excluding carboxylic acids is 1. The first-order chi connectivity index (χ1) is 17.5. The molecule has 1 aliphatic rings. The number of nitrogens with one attached hydrogen (secondary N) is 1. The first-order valence-electron chi connectivity index (χ1n) is 12.5. The summed E-state index contributed by atoms with van der Waals surface area (Å²) in [6, 6.07) is 29.3. The summed E-state index contributed by atoms with van der Waals surface area (Å²) in [5.41, 5.74) is 10.4. The van der Waals surface area contributed by atoms with Gasteiger partial charge in [0.05, 0.1) is 5.56 Å². The number of para-hydroxylation sites is 1.